The zero-order chi connectivity index (χ0) is 15.4. The van der Waals surface area contributed by atoms with Gasteiger partial charge < -0.3 is 26.3 Å². The van der Waals surface area contributed by atoms with E-state index in [1.54, 1.807) is 20.4 Å². The molecule has 1 heterocycles. The highest BCUT2D eigenvalue weighted by Gasteiger charge is 2.12. The molecule has 2 rings (SSSR count). The lowest BCUT2D eigenvalue weighted by Gasteiger charge is -2.15. The number of anilines is 3. The molecule has 0 aliphatic carbocycles. The van der Waals surface area contributed by atoms with Gasteiger partial charge in [-0.25, -0.2) is 4.98 Å². The number of benzene rings is 1. The van der Waals surface area contributed by atoms with Crippen LogP contribution in [0.15, 0.2) is 18.3 Å². The summed E-state index contributed by atoms with van der Waals surface area (Å²) in [5.41, 5.74) is 13.9. The van der Waals surface area contributed by atoms with E-state index in [1.807, 2.05) is 19.2 Å². The molecule has 0 radical (unpaired) electrons. The van der Waals surface area contributed by atoms with E-state index in [0.717, 1.165) is 16.8 Å². The van der Waals surface area contributed by atoms with E-state index >= 15 is 0 Å². The molecule has 7 heteroatoms. The highest BCUT2D eigenvalue weighted by molar-refractivity contribution is 5.67. The quantitative estimate of drug-likeness (QED) is 0.761. The van der Waals surface area contributed by atoms with Gasteiger partial charge in [-0.05, 0) is 17.7 Å². The lowest BCUT2D eigenvalue weighted by molar-refractivity contribution is 0.397. The Morgan fingerprint density at radius 2 is 1.76 bits per heavy atom. The number of nitrogens with one attached hydrogen (secondary N) is 1. The molecule has 0 fully saturated rings. The van der Waals surface area contributed by atoms with Gasteiger partial charge in [-0.3, -0.25) is 0 Å². The number of methoxy groups -OCH3 is 2. The molecular weight excluding hydrogens is 270 g/mol. The van der Waals surface area contributed by atoms with Gasteiger partial charge in [0.25, 0.3) is 0 Å². The molecule has 2 aromatic rings. The summed E-state index contributed by atoms with van der Waals surface area (Å²) in [6, 6.07) is 3.84. The highest BCUT2D eigenvalue weighted by Crippen LogP contribution is 2.36. The van der Waals surface area contributed by atoms with Crippen LogP contribution in [0.1, 0.15) is 11.1 Å². The Labute approximate surface area is 123 Å². The molecule has 0 aliphatic rings. The zero-order valence-corrected chi connectivity index (χ0v) is 12.3. The first-order valence-corrected chi connectivity index (χ1v) is 6.38. The Balaban J connectivity index is 2.40. The number of rotatable bonds is 5. The molecule has 0 bridgehead atoms. The van der Waals surface area contributed by atoms with Crippen molar-refractivity contribution in [2.75, 3.05) is 38.1 Å². The van der Waals surface area contributed by atoms with Crippen LogP contribution in [0.3, 0.4) is 0 Å². The first-order valence-electron chi connectivity index (χ1n) is 6.38. The van der Waals surface area contributed by atoms with Crippen molar-refractivity contribution in [3.05, 3.63) is 29.5 Å². The fourth-order valence-electron chi connectivity index (χ4n) is 2.11. The third-order valence-corrected chi connectivity index (χ3v) is 3.13. The topological polar surface area (TPSA) is 108 Å². The molecule has 0 amide bonds. The Kier molecular flexibility index (Phi) is 4.32. The summed E-state index contributed by atoms with van der Waals surface area (Å²) >= 11 is 0. The van der Waals surface area contributed by atoms with Crippen LogP contribution in [0.4, 0.5) is 17.5 Å². The van der Waals surface area contributed by atoms with Crippen LogP contribution in [0.5, 0.6) is 11.5 Å². The number of aromatic nitrogens is 2. The smallest absolute Gasteiger partial charge is 0.221 e. The minimum Gasteiger partial charge on any atom is -0.494 e. The van der Waals surface area contributed by atoms with Crippen LogP contribution in [0.2, 0.25) is 0 Å². The van der Waals surface area contributed by atoms with Crippen LogP contribution in [0, 0.1) is 0 Å². The maximum atomic E-state index is 5.86. The van der Waals surface area contributed by atoms with Gasteiger partial charge in [0.2, 0.25) is 5.95 Å². The van der Waals surface area contributed by atoms with Crippen molar-refractivity contribution in [2.24, 2.45) is 0 Å². The van der Waals surface area contributed by atoms with Crippen molar-refractivity contribution in [1.82, 2.24) is 9.97 Å². The van der Waals surface area contributed by atoms with Crippen molar-refractivity contribution in [3.8, 4) is 11.5 Å². The molecule has 0 atom stereocenters. The van der Waals surface area contributed by atoms with E-state index in [-0.39, 0.29) is 5.95 Å². The second kappa shape index (κ2) is 6.17. The number of nitrogens with zero attached hydrogens (tertiary/aromatic N) is 2. The van der Waals surface area contributed by atoms with Gasteiger partial charge in [-0.2, -0.15) is 4.98 Å². The lowest BCUT2D eigenvalue weighted by Crippen LogP contribution is -2.05. The van der Waals surface area contributed by atoms with Gasteiger partial charge >= 0.3 is 0 Å². The van der Waals surface area contributed by atoms with Crippen molar-refractivity contribution in [1.29, 1.82) is 0 Å². The van der Waals surface area contributed by atoms with E-state index in [2.05, 4.69) is 15.3 Å². The van der Waals surface area contributed by atoms with Crippen molar-refractivity contribution >= 4 is 17.5 Å². The molecule has 21 heavy (non-hydrogen) atoms. The maximum absolute atomic E-state index is 5.86. The van der Waals surface area contributed by atoms with Gasteiger partial charge in [0, 0.05) is 25.2 Å². The Morgan fingerprint density at radius 1 is 1.14 bits per heavy atom. The van der Waals surface area contributed by atoms with Gasteiger partial charge in [0.1, 0.15) is 23.0 Å². The maximum Gasteiger partial charge on any atom is 0.221 e. The van der Waals surface area contributed by atoms with Crippen LogP contribution < -0.4 is 26.3 Å². The second-order valence-electron chi connectivity index (χ2n) is 4.44. The average Bonchev–Trinajstić information content (AvgIpc) is 2.49. The SMILES string of the molecule is CNc1c(OC)cc(Cc2cnc(N)nc2N)cc1OC. The molecule has 112 valence electrons. The number of hydrogen-bond acceptors (Lipinski definition) is 7. The summed E-state index contributed by atoms with van der Waals surface area (Å²) in [6.45, 7) is 0. The van der Waals surface area contributed by atoms with Gasteiger partial charge in [-0.1, -0.05) is 0 Å². The van der Waals surface area contributed by atoms with Crippen molar-refractivity contribution < 1.29 is 9.47 Å². The fourth-order valence-corrected chi connectivity index (χ4v) is 2.11. The predicted molar refractivity (Wildman–Crippen MR) is 82.8 cm³/mol. The Morgan fingerprint density at radius 3 is 2.24 bits per heavy atom. The highest BCUT2D eigenvalue weighted by atomic mass is 16.5. The van der Waals surface area contributed by atoms with Gasteiger partial charge in [-0.15, -0.1) is 0 Å². The van der Waals surface area contributed by atoms with Crippen LogP contribution in [-0.2, 0) is 6.42 Å². The third kappa shape index (κ3) is 3.07. The van der Waals surface area contributed by atoms with E-state index in [9.17, 15) is 0 Å². The molecule has 5 N–H and O–H groups in total. The number of ether oxygens (including phenoxy) is 2. The Bertz CT molecular complexity index is 620. The largest absolute Gasteiger partial charge is 0.494 e. The van der Waals surface area contributed by atoms with Gasteiger partial charge in [0.05, 0.1) is 14.2 Å². The minimum atomic E-state index is 0.164. The monoisotopic (exact) mass is 289 g/mol. The van der Waals surface area contributed by atoms with Crippen LogP contribution in [-0.4, -0.2) is 31.2 Å². The molecule has 1 aromatic heterocycles. The summed E-state index contributed by atoms with van der Waals surface area (Å²) in [4.78, 5) is 7.93. The fraction of sp³-hybridized carbons (Fsp3) is 0.286. The summed E-state index contributed by atoms with van der Waals surface area (Å²) in [6.07, 6.45) is 2.19. The summed E-state index contributed by atoms with van der Waals surface area (Å²) in [5.74, 6) is 1.93. The number of nitrogen functional groups attached to an aromatic ring is 2. The first-order chi connectivity index (χ1) is 10.1. The van der Waals surface area contributed by atoms with Crippen molar-refractivity contribution in [2.45, 2.75) is 6.42 Å². The molecule has 0 saturated heterocycles. The number of hydrogen-bond donors (Lipinski definition) is 3. The second-order valence-corrected chi connectivity index (χ2v) is 4.44. The molecule has 0 saturated carbocycles. The minimum absolute atomic E-state index is 0.164. The zero-order valence-electron chi connectivity index (χ0n) is 12.3. The predicted octanol–water partition coefficient (Wildman–Crippen LogP) is 1.29. The van der Waals surface area contributed by atoms with E-state index < -0.39 is 0 Å². The molecule has 0 aliphatic heterocycles. The third-order valence-electron chi connectivity index (χ3n) is 3.13. The molecule has 0 unspecified atom stereocenters. The van der Waals surface area contributed by atoms with Crippen LogP contribution in [0.25, 0.3) is 0 Å². The normalized spacial score (nSPS) is 10.2. The molecule has 1 aromatic carbocycles. The van der Waals surface area contributed by atoms with E-state index in [0.29, 0.717) is 23.7 Å². The molecule has 7 nitrogen and oxygen atoms in total. The standard InChI is InChI=1S/C14H19N5O2/c1-17-12-10(20-2)5-8(6-11(12)21-3)4-9-7-18-14(16)19-13(9)15/h5-7,17H,4H2,1-3H3,(H4,15,16,18,19). The van der Waals surface area contributed by atoms with E-state index in [4.69, 9.17) is 20.9 Å². The summed E-state index contributed by atoms with van der Waals surface area (Å²) in [7, 11) is 5.03. The summed E-state index contributed by atoms with van der Waals surface area (Å²) in [5, 5.41) is 3.06. The van der Waals surface area contributed by atoms with Gasteiger partial charge in [0.15, 0.2) is 0 Å². The molecule has 0 spiro atoms. The number of nitrogens with two attached hydrogens (primary N) is 2. The average molecular weight is 289 g/mol. The first kappa shape index (κ1) is 14.7. The molecular formula is C14H19N5O2. The van der Waals surface area contributed by atoms with Crippen LogP contribution >= 0.6 is 0 Å². The lowest BCUT2D eigenvalue weighted by atomic mass is 10.0. The van der Waals surface area contributed by atoms with E-state index in [1.165, 1.54) is 0 Å². The summed E-state index contributed by atoms with van der Waals surface area (Å²) < 4.78 is 10.8. The van der Waals surface area contributed by atoms with Crippen molar-refractivity contribution in [3.63, 3.8) is 0 Å². The Hall–Kier alpha value is -2.70.